The standard InChI is InChI=1S/C14H15ClFN3O/c1-2-20-10-6-9(7-18-8-10)14(19-17)11-4-3-5-12(15)13(11)16/h3-8,14,19H,2,17H2,1H3. The number of ether oxygens (including phenoxy) is 1. The van der Waals surface area contributed by atoms with Crippen molar-refractivity contribution in [1.29, 1.82) is 0 Å². The van der Waals surface area contributed by atoms with Gasteiger partial charge in [0.05, 0.1) is 23.9 Å². The summed E-state index contributed by atoms with van der Waals surface area (Å²) in [5.41, 5.74) is 3.63. The van der Waals surface area contributed by atoms with Crippen molar-refractivity contribution in [3.05, 3.63) is 58.6 Å². The first kappa shape index (κ1) is 14.7. The molecule has 3 N–H and O–H groups in total. The third-order valence-electron chi connectivity index (χ3n) is 2.84. The van der Waals surface area contributed by atoms with Gasteiger partial charge in [-0.15, -0.1) is 0 Å². The largest absolute Gasteiger partial charge is 0.492 e. The minimum Gasteiger partial charge on any atom is -0.492 e. The topological polar surface area (TPSA) is 60.2 Å². The fourth-order valence-corrected chi connectivity index (χ4v) is 2.13. The molecular formula is C14H15ClFN3O. The molecule has 2 rings (SSSR count). The van der Waals surface area contributed by atoms with Crippen molar-refractivity contribution in [3.8, 4) is 5.75 Å². The van der Waals surface area contributed by atoms with E-state index in [0.29, 0.717) is 23.5 Å². The Kier molecular flexibility index (Phi) is 4.89. The lowest BCUT2D eigenvalue weighted by Crippen LogP contribution is -2.29. The minimum absolute atomic E-state index is 0.0525. The van der Waals surface area contributed by atoms with E-state index in [1.807, 2.05) is 6.92 Å². The van der Waals surface area contributed by atoms with Crippen LogP contribution in [0.25, 0.3) is 0 Å². The molecule has 0 amide bonds. The van der Waals surface area contributed by atoms with E-state index in [9.17, 15) is 4.39 Å². The zero-order valence-electron chi connectivity index (χ0n) is 10.9. The monoisotopic (exact) mass is 295 g/mol. The molecule has 20 heavy (non-hydrogen) atoms. The highest BCUT2D eigenvalue weighted by atomic mass is 35.5. The molecule has 0 radical (unpaired) electrons. The normalized spacial score (nSPS) is 12.2. The number of nitrogens with two attached hydrogens (primary N) is 1. The summed E-state index contributed by atoms with van der Waals surface area (Å²) < 4.78 is 19.5. The summed E-state index contributed by atoms with van der Waals surface area (Å²) in [5, 5.41) is 0.0525. The lowest BCUT2D eigenvalue weighted by atomic mass is 10.00. The van der Waals surface area contributed by atoms with Crippen LogP contribution in [-0.4, -0.2) is 11.6 Å². The number of benzene rings is 1. The highest BCUT2D eigenvalue weighted by Gasteiger charge is 2.19. The van der Waals surface area contributed by atoms with E-state index in [1.165, 1.54) is 6.07 Å². The minimum atomic E-state index is -0.554. The Labute approximate surface area is 121 Å². The van der Waals surface area contributed by atoms with Gasteiger partial charge in [-0.1, -0.05) is 23.7 Å². The van der Waals surface area contributed by atoms with E-state index in [-0.39, 0.29) is 5.02 Å². The molecule has 0 saturated carbocycles. The number of nitrogens with one attached hydrogen (secondary N) is 1. The van der Waals surface area contributed by atoms with E-state index < -0.39 is 11.9 Å². The van der Waals surface area contributed by atoms with Gasteiger partial charge >= 0.3 is 0 Å². The first-order valence-electron chi connectivity index (χ1n) is 6.15. The average molecular weight is 296 g/mol. The molecule has 1 heterocycles. The molecule has 1 aromatic carbocycles. The van der Waals surface area contributed by atoms with Crippen LogP contribution in [0.2, 0.25) is 5.02 Å². The summed E-state index contributed by atoms with van der Waals surface area (Å²) in [6.07, 6.45) is 3.20. The molecule has 0 fully saturated rings. The Morgan fingerprint density at radius 2 is 2.25 bits per heavy atom. The molecule has 1 atom stereocenters. The van der Waals surface area contributed by atoms with Crippen molar-refractivity contribution in [3.63, 3.8) is 0 Å². The maximum Gasteiger partial charge on any atom is 0.146 e. The van der Waals surface area contributed by atoms with Gasteiger partial charge in [0.25, 0.3) is 0 Å². The van der Waals surface area contributed by atoms with Gasteiger partial charge < -0.3 is 4.74 Å². The van der Waals surface area contributed by atoms with Crippen molar-refractivity contribution in [2.75, 3.05) is 6.61 Å². The Morgan fingerprint density at radius 1 is 1.45 bits per heavy atom. The molecule has 0 spiro atoms. The van der Waals surface area contributed by atoms with Crippen LogP contribution in [0.3, 0.4) is 0 Å². The lowest BCUT2D eigenvalue weighted by Gasteiger charge is -2.18. The summed E-state index contributed by atoms with van der Waals surface area (Å²) in [7, 11) is 0. The van der Waals surface area contributed by atoms with Crippen LogP contribution in [0.5, 0.6) is 5.75 Å². The second kappa shape index (κ2) is 6.65. The van der Waals surface area contributed by atoms with E-state index in [0.717, 1.165) is 0 Å². The second-order valence-corrected chi connectivity index (χ2v) is 4.54. The Hall–Kier alpha value is -1.69. The molecule has 0 aliphatic heterocycles. The molecule has 2 aromatic rings. The molecule has 0 bridgehead atoms. The number of halogens is 2. The van der Waals surface area contributed by atoms with Gasteiger partial charge in [-0.25, -0.2) is 9.82 Å². The number of hydrogen-bond donors (Lipinski definition) is 2. The van der Waals surface area contributed by atoms with Crippen LogP contribution in [0.15, 0.2) is 36.7 Å². The summed E-state index contributed by atoms with van der Waals surface area (Å²) in [5.74, 6) is 5.65. The van der Waals surface area contributed by atoms with E-state index in [1.54, 1.807) is 30.6 Å². The van der Waals surface area contributed by atoms with Gasteiger partial charge in [-0.05, 0) is 24.6 Å². The summed E-state index contributed by atoms with van der Waals surface area (Å²) in [4.78, 5) is 4.07. The van der Waals surface area contributed by atoms with Crippen molar-refractivity contribution >= 4 is 11.6 Å². The number of rotatable bonds is 5. The molecule has 4 nitrogen and oxygen atoms in total. The first-order valence-corrected chi connectivity index (χ1v) is 6.53. The predicted molar refractivity (Wildman–Crippen MR) is 76.0 cm³/mol. The van der Waals surface area contributed by atoms with Crippen LogP contribution in [0, 0.1) is 5.82 Å². The number of hydrogen-bond acceptors (Lipinski definition) is 4. The Bertz CT molecular complexity index is 594. The molecular weight excluding hydrogens is 281 g/mol. The molecule has 0 aliphatic rings. The first-order chi connectivity index (χ1) is 9.67. The van der Waals surface area contributed by atoms with Gasteiger partial charge in [-0.3, -0.25) is 10.8 Å². The maximum atomic E-state index is 14.1. The summed E-state index contributed by atoms with van der Waals surface area (Å²) >= 11 is 5.80. The Morgan fingerprint density at radius 3 is 2.95 bits per heavy atom. The second-order valence-electron chi connectivity index (χ2n) is 4.13. The van der Waals surface area contributed by atoms with Gasteiger partial charge in [0.15, 0.2) is 0 Å². The van der Waals surface area contributed by atoms with Crippen molar-refractivity contribution in [2.24, 2.45) is 5.84 Å². The Balaban J connectivity index is 2.41. The highest BCUT2D eigenvalue weighted by molar-refractivity contribution is 6.30. The highest BCUT2D eigenvalue weighted by Crippen LogP contribution is 2.28. The SMILES string of the molecule is CCOc1cncc(C(NN)c2cccc(Cl)c2F)c1. The van der Waals surface area contributed by atoms with Gasteiger partial charge in [0.2, 0.25) is 0 Å². The molecule has 1 aromatic heterocycles. The molecule has 1 unspecified atom stereocenters. The van der Waals surface area contributed by atoms with Gasteiger partial charge in [0, 0.05) is 11.8 Å². The number of aromatic nitrogens is 1. The number of pyridine rings is 1. The predicted octanol–water partition coefficient (Wildman–Crippen LogP) is 2.83. The molecule has 0 aliphatic carbocycles. The number of hydrazine groups is 1. The van der Waals surface area contributed by atoms with Crippen LogP contribution >= 0.6 is 11.6 Å². The van der Waals surface area contributed by atoms with E-state index in [4.69, 9.17) is 22.2 Å². The zero-order valence-corrected chi connectivity index (χ0v) is 11.7. The van der Waals surface area contributed by atoms with E-state index in [2.05, 4.69) is 10.4 Å². The third kappa shape index (κ3) is 3.07. The fourth-order valence-electron chi connectivity index (χ4n) is 1.95. The molecule has 106 valence electrons. The van der Waals surface area contributed by atoms with Gasteiger partial charge in [-0.2, -0.15) is 0 Å². The third-order valence-corrected chi connectivity index (χ3v) is 3.13. The fraction of sp³-hybridized carbons (Fsp3) is 0.214. The van der Waals surface area contributed by atoms with Gasteiger partial charge in [0.1, 0.15) is 11.6 Å². The molecule has 6 heteroatoms. The smallest absolute Gasteiger partial charge is 0.146 e. The van der Waals surface area contributed by atoms with Crippen LogP contribution < -0.4 is 16.0 Å². The van der Waals surface area contributed by atoms with Crippen molar-refractivity contribution in [2.45, 2.75) is 13.0 Å². The summed E-state index contributed by atoms with van der Waals surface area (Å²) in [6.45, 7) is 2.40. The lowest BCUT2D eigenvalue weighted by molar-refractivity contribution is 0.338. The van der Waals surface area contributed by atoms with Crippen molar-refractivity contribution < 1.29 is 9.13 Å². The zero-order chi connectivity index (χ0) is 14.5. The van der Waals surface area contributed by atoms with Crippen LogP contribution in [-0.2, 0) is 0 Å². The number of nitrogens with zero attached hydrogens (tertiary/aromatic N) is 1. The maximum absolute atomic E-state index is 14.1. The van der Waals surface area contributed by atoms with Crippen molar-refractivity contribution in [1.82, 2.24) is 10.4 Å². The summed E-state index contributed by atoms with van der Waals surface area (Å²) in [6, 6.07) is 6.00. The average Bonchev–Trinajstić information content (AvgIpc) is 2.45. The quantitative estimate of drug-likeness (QED) is 0.658. The van der Waals surface area contributed by atoms with E-state index >= 15 is 0 Å². The molecule has 0 saturated heterocycles. The van der Waals surface area contributed by atoms with Crippen LogP contribution in [0.4, 0.5) is 4.39 Å². The van der Waals surface area contributed by atoms with Crippen LogP contribution in [0.1, 0.15) is 24.1 Å².